The van der Waals surface area contributed by atoms with E-state index in [1.165, 1.54) is 24.3 Å². The predicted octanol–water partition coefficient (Wildman–Crippen LogP) is 3.02. The van der Waals surface area contributed by atoms with E-state index in [9.17, 15) is 14.0 Å². The van der Waals surface area contributed by atoms with Gasteiger partial charge in [0.1, 0.15) is 12.1 Å². The smallest absolute Gasteiger partial charge is 0.310 e. The summed E-state index contributed by atoms with van der Waals surface area (Å²) in [5, 5.41) is 8.98. The quantitative estimate of drug-likeness (QED) is 0.586. The average Bonchev–Trinajstić information content (AvgIpc) is 2.43. The van der Waals surface area contributed by atoms with E-state index in [0.29, 0.717) is 12.8 Å². The van der Waals surface area contributed by atoms with Crippen LogP contribution in [0.5, 0.6) is 0 Å². The number of halogens is 1. The topological polar surface area (TPSA) is 54.4 Å². The van der Waals surface area contributed by atoms with E-state index in [2.05, 4.69) is 6.58 Å². The van der Waals surface area contributed by atoms with Gasteiger partial charge in [0.2, 0.25) is 0 Å². The Kier molecular flexibility index (Phi) is 6.37. The van der Waals surface area contributed by atoms with Gasteiger partial charge in [-0.2, -0.15) is 0 Å². The molecule has 1 aromatic carbocycles. The fraction of sp³-hybridized carbons (Fsp3) is 0.250. The van der Waals surface area contributed by atoms with Crippen molar-refractivity contribution in [3.63, 3.8) is 0 Å². The van der Waals surface area contributed by atoms with E-state index < -0.39 is 17.8 Å². The number of carboxylic acids is 1. The maximum absolute atomic E-state index is 12.8. The summed E-state index contributed by atoms with van der Waals surface area (Å²) >= 11 is 0. The maximum atomic E-state index is 12.8. The first kappa shape index (κ1) is 15.8. The molecular formula is C16H17FO3. The first-order valence-corrected chi connectivity index (χ1v) is 6.28. The molecule has 0 spiro atoms. The van der Waals surface area contributed by atoms with E-state index in [1.54, 1.807) is 18.2 Å². The molecular weight excluding hydrogens is 259 g/mol. The number of benzene rings is 1. The minimum atomic E-state index is -0.951. The highest BCUT2D eigenvalue weighted by atomic mass is 19.1. The summed E-state index contributed by atoms with van der Waals surface area (Å²) in [6.07, 6.45) is 6.10. The second-order valence-corrected chi connectivity index (χ2v) is 4.48. The van der Waals surface area contributed by atoms with Crippen LogP contribution in [0, 0.1) is 17.7 Å². The zero-order valence-corrected chi connectivity index (χ0v) is 11.0. The van der Waals surface area contributed by atoms with E-state index in [4.69, 9.17) is 5.11 Å². The maximum Gasteiger partial charge on any atom is 0.310 e. The molecule has 0 aromatic heterocycles. The Morgan fingerprint density at radius 3 is 2.45 bits per heavy atom. The molecule has 0 aliphatic rings. The Morgan fingerprint density at radius 1 is 1.30 bits per heavy atom. The van der Waals surface area contributed by atoms with Gasteiger partial charge in [0, 0.05) is 5.92 Å². The highest BCUT2D eigenvalue weighted by Gasteiger charge is 2.13. The van der Waals surface area contributed by atoms with Crippen molar-refractivity contribution in [2.45, 2.75) is 12.8 Å². The van der Waals surface area contributed by atoms with Crippen molar-refractivity contribution in [2.75, 3.05) is 0 Å². The summed E-state index contributed by atoms with van der Waals surface area (Å²) in [6, 6.07) is 5.88. The largest absolute Gasteiger partial charge is 0.481 e. The van der Waals surface area contributed by atoms with Gasteiger partial charge in [-0.1, -0.05) is 30.4 Å². The summed E-state index contributed by atoms with van der Waals surface area (Å²) in [5.41, 5.74) is 0.823. The van der Waals surface area contributed by atoms with Crippen molar-refractivity contribution in [1.82, 2.24) is 0 Å². The lowest BCUT2D eigenvalue weighted by atomic mass is 9.97. The number of hydrogen-bond donors (Lipinski definition) is 1. The van der Waals surface area contributed by atoms with Crippen LogP contribution in [0.15, 0.2) is 49.1 Å². The number of hydrogen-bond acceptors (Lipinski definition) is 2. The standard InChI is InChI=1S/C16H17FO3/c1-2-3-14(16(19)20)7-4-13(11-18)10-12-5-8-15(17)9-6-12/h2,4-9,11,13-14H,1,3,10H2,(H,19,20)/b7-4+. The van der Waals surface area contributed by atoms with Crippen molar-refractivity contribution in [1.29, 1.82) is 0 Å². The number of aliphatic carboxylic acids is 1. The van der Waals surface area contributed by atoms with Crippen molar-refractivity contribution < 1.29 is 19.1 Å². The van der Waals surface area contributed by atoms with Gasteiger partial charge in [-0.3, -0.25) is 4.79 Å². The molecule has 0 heterocycles. The third-order valence-electron chi connectivity index (χ3n) is 2.89. The Labute approximate surface area is 117 Å². The van der Waals surface area contributed by atoms with E-state index in [0.717, 1.165) is 11.8 Å². The highest BCUT2D eigenvalue weighted by molar-refractivity contribution is 5.72. The van der Waals surface area contributed by atoms with Crippen LogP contribution in [0.25, 0.3) is 0 Å². The minimum Gasteiger partial charge on any atom is -0.481 e. The van der Waals surface area contributed by atoms with Gasteiger partial charge in [0.15, 0.2) is 0 Å². The lowest BCUT2D eigenvalue weighted by Crippen LogP contribution is -2.11. The van der Waals surface area contributed by atoms with Crippen LogP contribution >= 0.6 is 0 Å². The SMILES string of the molecule is C=CCC(/C=C/C(C=O)Cc1ccc(F)cc1)C(=O)O. The number of allylic oxidation sites excluding steroid dienone is 2. The fourth-order valence-electron chi connectivity index (χ4n) is 1.77. The van der Waals surface area contributed by atoms with Gasteiger partial charge >= 0.3 is 5.97 Å². The second-order valence-electron chi connectivity index (χ2n) is 4.48. The number of aldehydes is 1. The highest BCUT2D eigenvalue weighted by Crippen LogP contribution is 2.13. The minimum absolute atomic E-state index is 0.313. The van der Waals surface area contributed by atoms with Gasteiger partial charge < -0.3 is 9.90 Å². The molecule has 1 aromatic rings. The fourth-order valence-corrected chi connectivity index (χ4v) is 1.77. The Morgan fingerprint density at radius 2 is 1.95 bits per heavy atom. The summed E-state index contributed by atoms with van der Waals surface area (Å²) < 4.78 is 12.8. The van der Waals surface area contributed by atoms with Gasteiger partial charge in [-0.05, 0) is 30.5 Å². The summed E-state index contributed by atoms with van der Waals surface area (Å²) in [5.74, 6) is -2.38. The Balaban J connectivity index is 2.70. The van der Waals surface area contributed by atoms with E-state index in [-0.39, 0.29) is 5.82 Å². The monoisotopic (exact) mass is 276 g/mol. The van der Waals surface area contributed by atoms with Gasteiger partial charge in [-0.25, -0.2) is 4.39 Å². The molecule has 3 nitrogen and oxygen atoms in total. The summed E-state index contributed by atoms with van der Waals surface area (Å²) in [6.45, 7) is 3.50. The van der Waals surface area contributed by atoms with Crippen LogP contribution in [0.2, 0.25) is 0 Å². The Bertz CT molecular complexity index is 491. The number of carboxylic acid groups (broad SMARTS) is 1. The molecule has 0 aliphatic carbocycles. The first-order chi connectivity index (χ1) is 9.56. The summed E-state index contributed by atoms with van der Waals surface area (Å²) in [7, 11) is 0. The lowest BCUT2D eigenvalue weighted by Gasteiger charge is -2.08. The molecule has 0 aliphatic heterocycles. The third-order valence-corrected chi connectivity index (χ3v) is 2.89. The van der Waals surface area contributed by atoms with Crippen LogP contribution in [0.1, 0.15) is 12.0 Å². The molecule has 0 radical (unpaired) electrons. The van der Waals surface area contributed by atoms with E-state index in [1.807, 2.05) is 0 Å². The number of carbonyl (C=O) groups excluding carboxylic acids is 1. The molecule has 1 rings (SSSR count). The molecule has 4 heteroatoms. The van der Waals surface area contributed by atoms with Crippen molar-refractivity contribution in [2.24, 2.45) is 11.8 Å². The first-order valence-electron chi connectivity index (χ1n) is 6.28. The van der Waals surface area contributed by atoms with Crippen molar-refractivity contribution in [3.05, 3.63) is 60.5 Å². The Hall–Kier alpha value is -2.23. The average molecular weight is 276 g/mol. The molecule has 0 bridgehead atoms. The molecule has 0 amide bonds. The zero-order chi connectivity index (χ0) is 15.0. The van der Waals surface area contributed by atoms with Gasteiger partial charge in [0.25, 0.3) is 0 Å². The summed E-state index contributed by atoms with van der Waals surface area (Å²) in [4.78, 5) is 22.0. The van der Waals surface area contributed by atoms with Crippen LogP contribution in [-0.4, -0.2) is 17.4 Å². The molecule has 1 N–H and O–H groups in total. The van der Waals surface area contributed by atoms with Gasteiger partial charge in [-0.15, -0.1) is 6.58 Å². The molecule has 2 unspecified atom stereocenters. The number of carbonyl (C=O) groups is 2. The normalized spacial score (nSPS) is 13.8. The molecule has 0 fully saturated rings. The van der Waals surface area contributed by atoms with Crippen LogP contribution in [0.4, 0.5) is 4.39 Å². The molecule has 20 heavy (non-hydrogen) atoms. The molecule has 106 valence electrons. The molecule has 2 atom stereocenters. The lowest BCUT2D eigenvalue weighted by molar-refractivity contribution is -0.140. The number of rotatable bonds is 8. The molecule has 0 saturated heterocycles. The van der Waals surface area contributed by atoms with Crippen molar-refractivity contribution in [3.8, 4) is 0 Å². The zero-order valence-electron chi connectivity index (χ0n) is 11.0. The molecule has 0 saturated carbocycles. The van der Waals surface area contributed by atoms with Crippen LogP contribution < -0.4 is 0 Å². The van der Waals surface area contributed by atoms with Gasteiger partial charge in [0.05, 0.1) is 5.92 Å². The second kappa shape index (κ2) is 8.04. The third kappa shape index (κ3) is 5.18. The van der Waals surface area contributed by atoms with Crippen molar-refractivity contribution >= 4 is 12.3 Å². The van der Waals surface area contributed by atoms with Crippen LogP contribution in [-0.2, 0) is 16.0 Å². The van der Waals surface area contributed by atoms with E-state index >= 15 is 0 Å². The predicted molar refractivity (Wildman–Crippen MR) is 74.7 cm³/mol. The van der Waals surface area contributed by atoms with Crippen LogP contribution in [0.3, 0.4) is 0 Å².